The van der Waals surface area contributed by atoms with Gasteiger partial charge in [0.05, 0.1) is 9.40 Å². The molecule has 0 fully saturated rings. The number of hydrogen-bond donors (Lipinski definition) is 2. The number of nitro benzene ring substituents is 1. The molecule has 0 heterocycles. The van der Waals surface area contributed by atoms with E-state index in [2.05, 4.69) is 22.9 Å². The average Bonchev–Trinajstić information content (AvgIpc) is 2.32. The van der Waals surface area contributed by atoms with E-state index in [1.54, 1.807) is 0 Å². The fraction of sp³-hybridized carbons (Fsp3) is 0.500. The first-order valence-electron chi connectivity index (χ1n) is 5.89. The number of phenols is 1. The fourth-order valence-corrected chi connectivity index (χ4v) is 2.23. The van der Waals surface area contributed by atoms with Crippen LogP contribution in [-0.2, 0) is 0 Å². The van der Waals surface area contributed by atoms with E-state index in [-0.39, 0.29) is 29.9 Å². The summed E-state index contributed by atoms with van der Waals surface area (Å²) in [5.41, 5.74) is 6.33. The van der Waals surface area contributed by atoms with E-state index in [0.717, 1.165) is 19.3 Å². The molecular formula is C12H18BrClN2O3. The average molecular weight is 354 g/mol. The first-order valence-corrected chi connectivity index (χ1v) is 6.69. The third-order valence-corrected chi connectivity index (χ3v) is 3.41. The molecule has 0 saturated carbocycles. The molecule has 0 radical (unpaired) electrons. The number of non-ortho nitro benzene ring substituents is 1. The molecule has 7 heteroatoms. The number of halogens is 2. The molecule has 0 saturated heterocycles. The summed E-state index contributed by atoms with van der Waals surface area (Å²) in [6, 6.07) is 2.24. The van der Waals surface area contributed by atoms with Crippen LogP contribution >= 0.6 is 28.3 Å². The van der Waals surface area contributed by atoms with Gasteiger partial charge in [0, 0.05) is 23.7 Å². The summed E-state index contributed by atoms with van der Waals surface area (Å²) in [5.74, 6) is -0.00963. The zero-order valence-electron chi connectivity index (χ0n) is 10.6. The molecule has 0 spiro atoms. The molecule has 1 atom stereocenters. The molecule has 1 rings (SSSR count). The second kappa shape index (κ2) is 8.35. The summed E-state index contributed by atoms with van der Waals surface area (Å²) in [4.78, 5) is 10.3. The Labute approximate surface area is 126 Å². The van der Waals surface area contributed by atoms with Gasteiger partial charge in [-0.3, -0.25) is 10.1 Å². The lowest BCUT2D eigenvalue weighted by molar-refractivity contribution is -0.385. The Hall–Kier alpha value is -0.850. The molecule has 0 aliphatic heterocycles. The summed E-state index contributed by atoms with van der Waals surface area (Å²) in [5, 5.41) is 20.6. The second-order valence-corrected chi connectivity index (χ2v) is 5.08. The number of nitro groups is 1. The molecule has 19 heavy (non-hydrogen) atoms. The molecule has 0 aromatic heterocycles. The fourth-order valence-electron chi connectivity index (χ4n) is 1.76. The topological polar surface area (TPSA) is 89.4 Å². The maximum Gasteiger partial charge on any atom is 0.271 e. The minimum atomic E-state index is -0.494. The lowest BCUT2D eigenvalue weighted by atomic mass is 10.00. The Morgan fingerprint density at radius 1 is 1.47 bits per heavy atom. The quantitative estimate of drug-likeness (QED) is 0.458. The maximum absolute atomic E-state index is 10.8. The van der Waals surface area contributed by atoms with Gasteiger partial charge in [-0.2, -0.15) is 0 Å². The van der Waals surface area contributed by atoms with Crippen molar-refractivity contribution in [3.8, 4) is 5.75 Å². The van der Waals surface area contributed by atoms with E-state index in [1.165, 1.54) is 12.1 Å². The predicted molar refractivity (Wildman–Crippen MR) is 80.8 cm³/mol. The van der Waals surface area contributed by atoms with Crippen LogP contribution in [0.4, 0.5) is 5.69 Å². The van der Waals surface area contributed by atoms with E-state index >= 15 is 0 Å². The number of phenolic OH excluding ortho intramolecular Hbond substituents is 1. The summed E-state index contributed by atoms with van der Waals surface area (Å²) in [7, 11) is 0. The number of aromatic hydroxyl groups is 1. The lowest BCUT2D eigenvalue weighted by Crippen LogP contribution is -2.11. The molecule has 0 bridgehead atoms. The van der Waals surface area contributed by atoms with Gasteiger partial charge in [-0.05, 0) is 22.4 Å². The van der Waals surface area contributed by atoms with Crippen LogP contribution in [-0.4, -0.2) is 10.0 Å². The van der Waals surface area contributed by atoms with Crippen LogP contribution in [0.15, 0.2) is 16.6 Å². The third kappa shape index (κ3) is 4.97. The Morgan fingerprint density at radius 2 is 2.11 bits per heavy atom. The van der Waals surface area contributed by atoms with E-state index in [1.807, 2.05) is 0 Å². The van der Waals surface area contributed by atoms with Crippen molar-refractivity contribution in [3.05, 3.63) is 32.3 Å². The van der Waals surface area contributed by atoms with Crippen LogP contribution in [0.1, 0.15) is 44.2 Å². The van der Waals surface area contributed by atoms with Crippen molar-refractivity contribution in [3.63, 3.8) is 0 Å². The summed E-state index contributed by atoms with van der Waals surface area (Å²) in [6.45, 7) is 2.09. The minimum Gasteiger partial charge on any atom is -0.506 e. The molecule has 108 valence electrons. The number of hydrogen-bond acceptors (Lipinski definition) is 4. The molecule has 0 amide bonds. The molecule has 3 N–H and O–H groups in total. The molecule has 1 aromatic carbocycles. The summed E-state index contributed by atoms with van der Waals surface area (Å²) >= 11 is 3.11. The van der Waals surface area contributed by atoms with Gasteiger partial charge in [-0.1, -0.05) is 26.2 Å². The van der Waals surface area contributed by atoms with Gasteiger partial charge in [0.2, 0.25) is 0 Å². The van der Waals surface area contributed by atoms with Crippen molar-refractivity contribution >= 4 is 34.0 Å². The van der Waals surface area contributed by atoms with Gasteiger partial charge < -0.3 is 10.8 Å². The van der Waals surface area contributed by atoms with Crippen LogP contribution in [0.25, 0.3) is 0 Å². The van der Waals surface area contributed by atoms with E-state index in [4.69, 9.17) is 5.73 Å². The van der Waals surface area contributed by atoms with Gasteiger partial charge in [0.25, 0.3) is 5.69 Å². The number of rotatable bonds is 6. The zero-order valence-corrected chi connectivity index (χ0v) is 13.0. The van der Waals surface area contributed by atoms with Gasteiger partial charge >= 0.3 is 0 Å². The maximum atomic E-state index is 10.8. The molecule has 0 aliphatic rings. The SMILES string of the molecule is CCCCC[C@H](N)c1cc([N+](=O)[O-])cc(Br)c1O.Cl. The normalized spacial score (nSPS) is 11.7. The van der Waals surface area contributed by atoms with Crippen LogP contribution in [0.2, 0.25) is 0 Å². The van der Waals surface area contributed by atoms with Crippen LogP contribution in [0.5, 0.6) is 5.75 Å². The Bertz CT molecular complexity index is 443. The van der Waals surface area contributed by atoms with Crippen LogP contribution in [0.3, 0.4) is 0 Å². The largest absolute Gasteiger partial charge is 0.506 e. The van der Waals surface area contributed by atoms with Crippen molar-refractivity contribution < 1.29 is 10.0 Å². The van der Waals surface area contributed by atoms with Crippen molar-refractivity contribution in [2.24, 2.45) is 5.73 Å². The molecule has 5 nitrogen and oxygen atoms in total. The van der Waals surface area contributed by atoms with E-state index < -0.39 is 4.92 Å². The first-order chi connectivity index (χ1) is 8.47. The third-order valence-electron chi connectivity index (χ3n) is 2.81. The molecular weight excluding hydrogens is 336 g/mol. The zero-order chi connectivity index (χ0) is 13.7. The Balaban J connectivity index is 0.00000324. The van der Waals surface area contributed by atoms with Crippen LogP contribution in [0, 0.1) is 10.1 Å². The highest BCUT2D eigenvalue weighted by atomic mass is 79.9. The van der Waals surface area contributed by atoms with Crippen molar-refractivity contribution in [2.45, 2.75) is 38.6 Å². The summed E-state index contributed by atoms with van der Waals surface area (Å²) in [6.07, 6.45) is 3.79. The highest BCUT2D eigenvalue weighted by molar-refractivity contribution is 9.10. The number of nitrogens with two attached hydrogens (primary N) is 1. The van der Waals surface area contributed by atoms with Gasteiger partial charge in [0.15, 0.2) is 0 Å². The van der Waals surface area contributed by atoms with Crippen molar-refractivity contribution in [2.75, 3.05) is 0 Å². The number of nitrogens with zero attached hydrogens (tertiary/aromatic N) is 1. The first kappa shape index (κ1) is 18.1. The number of benzene rings is 1. The summed E-state index contributed by atoms with van der Waals surface area (Å²) < 4.78 is 0.303. The van der Waals surface area contributed by atoms with Crippen molar-refractivity contribution in [1.29, 1.82) is 0 Å². The van der Waals surface area contributed by atoms with Gasteiger partial charge in [0.1, 0.15) is 5.75 Å². The Morgan fingerprint density at radius 3 is 2.63 bits per heavy atom. The monoisotopic (exact) mass is 352 g/mol. The van der Waals surface area contributed by atoms with Crippen molar-refractivity contribution in [1.82, 2.24) is 0 Å². The predicted octanol–water partition coefficient (Wildman–Crippen LogP) is 4.06. The van der Waals surface area contributed by atoms with Gasteiger partial charge in [-0.15, -0.1) is 12.4 Å². The smallest absolute Gasteiger partial charge is 0.271 e. The lowest BCUT2D eigenvalue weighted by Gasteiger charge is -2.14. The standard InChI is InChI=1S/C12H17BrN2O3.ClH/c1-2-3-4-5-11(14)9-6-8(15(17)18)7-10(13)12(9)16;/h6-7,11,16H,2-5,14H2,1H3;1H/t11-;/m0./s1. The van der Waals surface area contributed by atoms with Gasteiger partial charge in [-0.25, -0.2) is 0 Å². The molecule has 0 unspecified atom stereocenters. The highest BCUT2D eigenvalue weighted by Gasteiger charge is 2.19. The Kier molecular flexibility index (Phi) is 7.97. The number of unbranched alkanes of at least 4 members (excludes halogenated alkanes) is 2. The van der Waals surface area contributed by atoms with E-state index in [9.17, 15) is 15.2 Å². The minimum absolute atomic E-state index is 0. The second-order valence-electron chi connectivity index (χ2n) is 4.22. The highest BCUT2D eigenvalue weighted by Crippen LogP contribution is 2.36. The molecule has 0 aliphatic carbocycles. The molecule has 1 aromatic rings. The van der Waals surface area contributed by atoms with E-state index in [0.29, 0.717) is 16.5 Å². The van der Waals surface area contributed by atoms with Crippen LogP contribution < -0.4 is 5.73 Å².